The van der Waals surface area contributed by atoms with Crippen molar-refractivity contribution in [2.45, 2.75) is 123 Å². The molecule has 7 nitrogen and oxygen atoms in total. The smallest absolute Gasteiger partial charge is 0.328 e. The Balaban J connectivity index is 4.29. The minimum atomic E-state index is -1.05. The third-order valence-corrected chi connectivity index (χ3v) is 6.10. The number of Topliss-reactive ketones (excluding diaryl/α,β-unsaturated/α-hetero) is 1. The quantitative estimate of drug-likeness (QED) is 0.171. The molecule has 2 atom stereocenters. The predicted molar refractivity (Wildman–Crippen MR) is 130 cm³/mol. The number of carbonyl (C=O) groups excluding carboxylic acids is 3. The summed E-state index contributed by atoms with van der Waals surface area (Å²) in [6.45, 7) is 5.96. The zero-order valence-corrected chi connectivity index (χ0v) is 21.3. The van der Waals surface area contributed by atoms with Gasteiger partial charge in [-0.25, -0.2) is 4.79 Å². The normalized spacial score (nSPS) is 12.9. The van der Waals surface area contributed by atoms with Gasteiger partial charge in [0.25, 0.3) is 0 Å². The monoisotopic (exact) mass is 469 g/mol. The van der Waals surface area contributed by atoms with E-state index >= 15 is 0 Å². The number of esters is 1. The first-order valence-electron chi connectivity index (χ1n) is 12.8. The Morgan fingerprint density at radius 2 is 1.33 bits per heavy atom. The number of nitrogens with one attached hydrogen (secondary N) is 1. The van der Waals surface area contributed by atoms with Crippen LogP contribution in [-0.4, -0.2) is 41.9 Å². The Kier molecular flexibility index (Phi) is 18.4. The van der Waals surface area contributed by atoms with Crippen LogP contribution in [0.2, 0.25) is 0 Å². The third-order valence-electron chi connectivity index (χ3n) is 6.10. The molecule has 0 aromatic rings. The molecule has 1 amide bonds. The van der Waals surface area contributed by atoms with Crippen molar-refractivity contribution in [3.8, 4) is 0 Å². The van der Waals surface area contributed by atoms with Crippen LogP contribution in [0.1, 0.15) is 117 Å². The van der Waals surface area contributed by atoms with Crippen LogP contribution in [-0.2, 0) is 23.9 Å². The molecule has 0 aliphatic rings. The number of unbranched alkanes of at least 4 members (excludes halogenated alkanes) is 10. The summed E-state index contributed by atoms with van der Waals surface area (Å²) in [5.41, 5.74) is 0. The third kappa shape index (κ3) is 16.4. The number of hydrogen-bond acceptors (Lipinski definition) is 5. The predicted octanol–water partition coefficient (Wildman–Crippen LogP) is 5.44. The molecule has 0 rings (SSSR count). The second-order valence-electron chi connectivity index (χ2n) is 9.40. The molecule has 0 aromatic carbocycles. The van der Waals surface area contributed by atoms with Crippen molar-refractivity contribution in [3.05, 3.63) is 0 Å². The van der Waals surface area contributed by atoms with Gasteiger partial charge in [0.15, 0.2) is 0 Å². The lowest BCUT2D eigenvalue weighted by Gasteiger charge is -2.23. The maximum Gasteiger partial charge on any atom is 0.328 e. The lowest BCUT2D eigenvalue weighted by atomic mass is 9.88. The number of carboxylic acids is 1. The van der Waals surface area contributed by atoms with Crippen LogP contribution < -0.4 is 5.32 Å². The van der Waals surface area contributed by atoms with Gasteiger partial charge in [-0.1, -0.05) is 85.0 Å². The maximum atomic E-state index is 12.7. The van der Waals surface area contributed by atoms with Crippen molar-refractivity contribution in [2.24, 2.45) is 11.8 Å². The number of methoxy groups -OCH3 is 1. The van der Waals surface area contributed by atoms with Crippen LogP contribution in [0.4, 0.5) is 0 Å². The van der Waals surface area contributed by atoms with E-state index in [1.807, 2.05) is 13.8 Å². The van der Waals surface area contributed by atoms with E-state index < -0.39 is 29.8 Å². The summed E-state index contributed by atoms with van der Waals surface area (Å²) in [6, 6.07) is -1.03. The number of carboxylic acid groups (broad SMARTS) is 1. The summed E-state index contributed by atoms with van der Waals surface area (Å²) in [6.07, 6.45) is 13.7. The van der Waals surface area contributed by atoms with Crippen molar-refractivity contribution in [1.29, 1.82) is 0 Å². The van der Waals surface area contributed by atoms with E-state index in [4.69, 9.17) is 5.11 Å². The van der Waals surface area contributed by atoms with Crippen molar-refractivity contribution in [1.82, 2.24) is 5.32 Å². The average molecular weight is 470 g/mol. The highest BCUT2D eigenvalue weighted by Crippen LogP contribution is 2.19. The Morgan fingerprint density at radius 3 is 1.79 bits per heavy atom. The first-order valence-corrected chi connectivity index (χ1v) is 12.8. The summed E-state index contributed by atoms with van der Waals surface area (Å²) in [7, 11) is 1.19. The highest BCUT2D eigenvalue weighted by Gasteiger charge is 2.29. The topological polar surface area (TPSA) is 110 Å². The highest BCUT2D eigenvalue weighted by molar-refractivity contribution is 5.90. The summed E-state index contributed by atoms with van der Waals surface area (Å²) in [5.74, 6) is -2.72. The van der Waals surface area contributed by atoms with E-state index in [0.29, 0.717) is 6.42 Å². The number of ether oxygens (including phenoxy) is 1. The van der Waals surface area contributed by atoms with E-state index in [0.717, 1.165) is 19.3 Å². The van der Waals surface area contributed by atoms with Gasteiger partial charge in [0.2, 0.25) is 5.91 Å². The Labute approximate surface area is 200 Å². The molecule has 2 N–H and O–H groups in total. The van der Waals surface area contributed by atoms with Crippen LogP contribution in [0.5, 0.6) is 0 Å². The number of rotatable bonds is 21. The second kappa shape index (κ2) is 19.5. The molecular formula is C26H47NO6. The first kappa shape index (κ1) is 31.1. The lowest BCUT2D eigenvalue weighted by Crippen LogP contribution is -2.46. The summed E-state index contributed by atoms with van der Waals surface area (Å²) in [5, 5.41) is 11.5. The van der Waals surface area contributed by atoms with Gasteiger partial charge >= 0.3 is 11.9 Å². The zero-order valence-electron chi connectivity index (χ0n) is 21.3. The number of carbonyl (C=O) groups is 4. The van der Waals surface area contributed by atoms with Crippen molar-refractivity contribution in [3.63, 3.8) is 0 Å². The molecule has 0 aliphatic carbocycles. The van der Waals surface area contributed by atoms with E-state index in [1.165, 1.54) is 58.5 Å². The number of aliphatic carboxylic acids is 1. The SMILES string of the molecule is CCCCCCCCCCCCCC(=O)C[C@H](C(=O)N[C@H](CCC(=O)O)C(=O)OC)C(C)C. The maximum absolute atomic E-state index is 12.7. The van der Waals surface area contributed by atoms with Crippen LogP contribution in [0.15, 0.2) is 0 Å². The number of amides is 1. The van der Waals surface area contributed by atoms with Crippen LogP contribution in [0.25, 0.3) is 0 Å². The molecule has 0 spiro atoms. The zero-order chi connectivity index (χ0) is 25.1. The van der Waals surface area contributed by atoms with E-state index in [2.05, 4.69) is 17.0 Å². The minimum absolute atomic E-state index is 0.0503. The lowest BCUT2D eigenvalue weighted by molar-refractivity contribution is -0.146. The molecule has 0 aliphatic heterocycles. The molecule has 0 bridgehead atoms. The summed E-state index contributed by atoms with van der Waals surface area (Å²) >= 11 is 0. The Morgan fingerprint density at radius 1 is 0.818 bits per heavy atom. The second-order valence-corrected chi connectivity index (χ2v) is 9.40. The average Bonchev–Trinajstić information content (AvgIpc) is 2.77. The first-order chi connectivity index (χ1) is 15.7. The number of hydrogen-bond donors (Lipinski definition) is 2. The minimum Gasteiger partial charge on any atom is -0.481 e. The van der Waals surface area contributed by atoms with E-state index in [9.17, 15) is 19.2 Å². The summed E-state index contributed by atoms with van der Waals surface area (Å²) in [4.78, 5) is 47.9. The molecule has 192 valence electrons. The number of ketones is 1. The van der Waals surface area contributed by atoms with Gasteiger partial charge in [-0.05, 0) is 18.8 Å². The molecule has 0 heterocycles. The highest BCUT2D eigenvalue weighted by atomic mass is 16.5. The molecule has 0 aromatic heterocycles. The van der Waals surface area contributed by atoms with Crippen LogP contribution in [0, 0.1) is 11.8 Å². The van der Waals surface area contributed by atoms with Gasteiger partial charge in [-0.2, -0.15) is 0 Å². The Hall–Kier alpha value is -1.92. The van der Waals surface area contributed by atoms with Gasteiger partial charge in [0, 0.05) is 25.2 Å². The fourth-order valence-corrected chi connectivity index (χ4v) is 3.90. The molecule has 7 heteroatoms. The van der Waals surface area contributed by atoms with Crippen molar-refractivity contribution >= 4 is 23.6 Å². The molecule has 0 saturated heterocycles. The largest absolute Gasteiger partial charge is 0.481 e. The molecular weight excluding hydrogens is 422 g/mol. The van der Waals surface area contributed by atoms with Crippen LogP contribution >= 0.6 is 0 Å². The van der Waals surface area contributed by atoms with Gasteiger partial charge in [-0.3, -0.25) is 14.4 Å². The fourth-order valence-electron chi connectivity index (χ4n) is 3.90. The molecule has 33 heavy (non-hydrogen) atoms. The van der Waals surface area contributed by atoms with E-state index in [1.54, 1.807) is 0 Å². The van der Waals surface area contributed by atoms with E-state index in [-0.39, 0.29) is 31.0 Å². The van der Waals surface area contributed by atoms with Crippen molar-refractivity contribution in [2.75, 3.05) is 7.11 Å². The molecule has 0 radical (unpaired) electrons. The fraction of sp³-hybridized carbons (Fsp3) is 0.846. The molecule has 0 fully saturated rings. The van der Waals surface area contributed by atoms with Crippen molar-refractivity contribution < 1.29 is 29.0 Å². The van der Waals surface area contributed by atoms with Gasteiger partial charge in [0.05, 0.1) is 7.11 Å². The molecule has 0 saturated carbocycles. The van der Waals surface area contributed by atoms with Gasteiger partial charge in [-0.15, -0.1) is 0 Å². The summed E-state index contributed by atoms with van der Waals surface area (Å²) < 4.78 is 4.68. The Bertz CT molecular complexity index is 575. The van der Waals surface area contributed by atoms with Gasteiger partial charge < -0.3 is 15.2 Å². The molecule has 0 unspecified atom stereocenters. The van der Waals surface area contributed by atoms with Gasteiger partial charge in [0.1, 0.15) is 11.8 Å². The van der Waals surface area contributed by atoms with Crippen LogP contribution in [0.3, 0.4) is 0 Å². The standard InChI is InChI=1S/C26H47NO6/c1-5-6-7-8-9-10-11-12-13-14-15-16-21(28)19-22(20(2)3)25(31)27-23(26(32)33-4)17-18-24(29)30/h20,22-23H,5-19H2,1-4H3,(H,27,31)(H,29,30)/t22-,23+/m0/s1.